The third-order valence-electron chi connectivity index (χ3n) is 2.34. The lowest BCUT2D eigenvalue weighted by Gasteiger charge is -2.05. The molecule has 1 aromatic carbocycles. The van der Waals surface area contributed by atoms with Gasteiger partial charge in [-0.3, -0.25) is 9.36 Å². The van der Waals surface area contributed by atoms with Crippen LogP contribution in [0.5, 0.6) is 0 Å². The van der Waals surface area contributed by atoms with E-state index < -0.39 is 11.6 Å². The first-order valence-electron chi connectivity index (χ1n) is 4.33. The number of benzene rings is 1. The summed E-state index contributed by atoms with van der Waals surface area (Å²) in [6.45, 7) is 1.63. The van der Waals surface area contributed by atoms with E-state index in [4.69, 9.17) is 0 Å². The summed E-state index contributed by atoms with van der Waals surface area (Å²) in [5, 5.41) is 0.0852. The lowest BCUT2D eigenvalue weighted by molar-refractivity contribution is 0.510. The third kappa shape index (κ3) is 1.40. The Labute approximate surface area is 84.0 Å². The molecule has 0 radical (unpaired) electrons. The summed E-state index contributed by atoms with van der Waals surface area (Å²) in [6.07, 6.45) is 0. The first-order valence-corrected chi connectivity index (χ1v) is 4.33. The number of nitrogens with zero attached hydrogens (tertiary/aromatic N) is 2. The summed E-state index contributed by atoms with van der Waals surface area (Å²) in [5.41, 5.74) is -0.203. The molecular weight excluding hydrogens is 202 g/mol. The Morgan fingerprint density at radius 2 is 1.87 bits per heavy atom. The molecule has 0 bridgehead atoms. The van der Waals surface area contributed by atoms with Crippen LogP contribution in [-0.2, 0) is 7.05 Å². The minimum absolute atomic E-state index is 0.0852. The summed E-state index contributed by atoms with van der Waals surface area (Å²) in [6, 6.07) is 1.80. The molecule has 2 aromatic rings. The Kier molecular flexibility index (Phi) is 2.03. The maximum atomic E-state index is 12.9. The highest BCUT2D eigenvalue weighted by Gasteiger charge is 2.09. The van der Waals surface area contributed by atoms with E-state index in [-0.39, 0.29) is 16.5 Å². The SMILES string of the molecule is Cc1nc2cc(F)c(F)cc2c(=O)n1C. The van der Waals surface area contributed by atoms with E-state index in [0.717, 1.165) is 12.1 Å². The number of hydrogen-bond donors (Lipinski definition) is 0. The quantitative estimate of drug-likeness (QED) is 0.660. The van der Waals surface area contributed by atoms with Crippen LogP contribution in [0.1, 0.15) is 5.82 Å². The molecule has 0 amide bonds. The Bertz CT molecular complexity index is 599. The van der Waals surface area contributed by atoms with Gasteiger partial charge < -0.3 is 0 Å². The normalized spacial score (nSPS) is 10.9. The van der Waals surface area contributed by atoms with Gasteiger partial charge in [0.15, 0.2) is 11.6 Å². The van der Waals surface area contributed by atoms with Crippen LogP contribution in [0.25, 0.3) is 10.9 Å². The molecule has 0 spiro atoms. The van der Waals surface area contributed by atoms with Crippen LogP contribution in [0.3, 0.4) is 0 Å². The van der Waals surface area contributed by atoms with Crippen LogP contribution >= 0.6 is 0 Å². The fourth-order valence-corrected chi connectivity index (χ4v) is 1.38. The topological polar surface area (TPSA) is 34.9 Å². The number of aryl methyl sites for hydroxylation is 1. The Morgan fingerprint density at radius 1 is 1.27 bits per heavy atom. The molecule has 0 atom stereocenters. The predicted molar refractivity (Wildman–Crippen MR) is 51.6 cm³/mol. The van der Waals surface area contributed by atoms with Crippen LogP contribution in [0, 0.1) is 18.6 Å². The van der Waals surface area contributed by atoms with E-state index >= 15 is 0 Å². The molecule has 0 aliphatic heterocycles. The standard InChI is InChI=1S/C10H8F2N2O/c1-5-13-9-4-8(12)7(11)3-6(9)10(15)14(5)2/h3-4H,1-2H3. The van der Waals surface area contributed by atoms with Crippen LogP contribution in [0.4, 0.5) is 8.78 Å². The highest BCUT2D eigenvalue weighted by atomic mass is 19.2. The van der Waals surface area contributed by atoms with Crippen molar-refractivity contribution < 1.29 is 8.78 Å². The second-order valence-electron chi connectivity index (χ2n) is 3.31. The van der Waals surface area contributed by atoms with E-state index in [1.54, 1.807) is 6.92 Å². The van der Waals surface area contributed by atoms with Gasteiger partial charge in [-0.15, -0.1) is 0 Å². The zero-order valence-corrected chi connectivity index (χ0v) is 8.21. The molecule has 0 aliphatic rings. The van der Waals surface area contributed by atoms with Gasteiger partial charge in [0.05, 0.1) is 10.9 Å². The van der Waals surface area contributed by atoms with Crippen molar-refractivity contribution in [2.75, 3.05) is 0 Å². The van der Waals surface area contributed by atoms with Crippen molar-refractivity contribution in [3.05, 3.63) is 39.9 Å². The summed E-state index contributed by atoms with van der Waals surface area (Å²) in [7, 11) is 1.53. The number of hydrogen-bond acceptors (Lipinski definition) is 2. The average molecular weight is 210 g/mol. The molecule has 78 valence electrons. The highest BCUT2D eigenvalue weighted by molar-refractivity contribution is 5.77. The summed E-state index contributed by atoms with van der Waals surface area (Å²) in [4.78, 5) is 15.6. The molecule has 0 fully saturated rings. The first kappa shape index (κ1) is 9.76. The fraction of sp³-hybridized carbons (Fsp3) is 0.200. The van der Waals surface area contributed by atoms with Crippen LogP contribution in [0.2, 0.25) is 0 Å². The smallest absolute Gasteiger partial charge is 0.261 e. The van der Waals surface area contributed by atoms with Crippen molar-refractivity contribution in [1.29, 1.82) is 0 Å². The molecule has 15 heavy (non-hydrogen) atoms. The van der Waals surface area contributed by atoms with Crippen molar-refractivity contribution in [2.45, 2.75) is 6.92 Å². The van der Waals surface area contributed by atoms with Gasteiger partial charge >= 0.3 is 0 Å². The van der Waals surface area contributed by atoms with Crippen LogP contribution < -0.4 is 5.56 Å². The number of halogens is 2. The van der Waals surface area contributed by atoms with E-state index in [9.17, 15) is 13.6 Å². The number of fused-ring (bicyclic) bond motifs is 1. The van der Waals surface area contributed by atoms with Crippen molar-refractivity contribution in [1.82, 2.24) is 9.55 Å². The van der Waals surface area contributed by atoms with Gasteiger partial charge in [0.1, 0.15) is 5.82 Å². The van der Waals surface area contributed by atoms with E-state index in [0.29, 0.717) is 5.82 Å². The van der Waals surface area contributed by atoms with Crippen molar-refractivity contribution >= 4 is 10.9 Å². The Morgan fingerprint density at radius 3 is 2.53 bits per heavy atom. The molecule has 0 saturated carbocycles. The van der Waals surface area contributed by atoms with Crippen LogP contribution in [-0.4, -0.2) is 9.55 Å². The van der Waals surface area contributed by atoms with Crippen molar-refractivity contribution in [3.8, 4) is 0 Å². The molecule has 3 nitrogen and oxygen atoms in total. The lowest BCUT2D eigenvalue weighted by atomic mass is 10.2. The number of rotatable bonds is 0. The molecule has 1 aromatic heterocycles. The molecule has 1 heterocycles. The molecular formula is C10H8F2N2O. The maximum absolute atomic E-state index is 12.9. The largest absolute Gasteiger partial charge is 0.299 e. The molecule has 0 N–H and O–H groups in total. The Balaban J connectivity index is 3.00. The van der Waals surface area contributed by atoms with Gasteiger partial charge in [0.2, 0.25) is 0 Å². The monoisotopic (exact) mass is 210 g/mol. The van der Waals surface area contributed by atoms with Crippen molar-refractivity contribution in [3.63, 3.8) is 0 Å². The first-order chi connectivity index (χ1) is 7.00. The molecule has 5 heteroatoms. The molecule has 0 saturated heterocycles. The minimum atomic E-state index is -1.04. The van der Waals surface area contributed by atoms with Crippen molar-refractivity contribution in [2.24, 2.45) is 7.05 Å². The van der Waals surface area contributed by atoms with Gasteiger partial charge in [-0.1, -0.05) is 0 Å². The zero-order valence-electron chi connectivity index (χ0n) is 8.21. The molecule has 0 unspecified atom stereocenters. The second kappa shape index (κ2) is 3.12. The fourth-order valence-electron chi connectivity index (χ4n) is 1.38. The van der Waals surface area contributed by atoms with Gasteiger partial charge in [-0.25, -0.2) is 13.8 Å². The maximum Gasteiger partial charge on any atom is 0.261 e. The average Bonchev–Trinajstić information content (AvgIpc) is 2.19. The summed E-state index contributed by atoms with van der Waals surface area (Å²) in [5.74, 6) is -1.58. The van der Waals surface area contributed by atoms with Gasteiger partial charge in [-0.2, -0.15) is 0 Å². The minimum Gasteiger partial charge on any atom is -0.299 e. The molecule has 0 aliphatic carbocycles. The zero-order chi connectivity index (χ0) is 11.2. The molecule has 2 rings (SSSR count). The van der Waals surface area contributed by atoms with Gasteiger partial charge in [0.25, 0.3) is 5.56 Å². The Hall–Kier alpha value is -1.78. The van der Waals surface area contributed by atoms with E-state index in [2.05, 4.69) is 4.98 Å². The number of aromatic nitrogens is 2. The van der Waals surface area contributed by atoms with Gasteiger partial charge in [0, 0.05) is 13.1 Å². The predicted octanol–water partition coefficient (Wildman–Crippen LogP) is 1.52. The summed E-state index contributed by atoms with van der Waals surface area (Å²) >= 11 is 0. The third-order valence-corrected chi connectivity index (χ3v) is 2.34. The summed E-state index contributed by atoms with van der Waals surface area (Å²) < 4.78 is 27.1. The second-order valence-corrected chi connectivity index (χ2v) is 3.31. The van der Waals surface area contributed by atoms with Gasteiger partial charge in [-0.05, 0) is 13.0 Å². The van der Waals surface area contributed by atoms with Crippen LogP contribution in [0.15, 0.2) is 16.9 Å². The highest BCUT2D eigenvalue weighted by Crippen LogP contribution is 2.13. The van der Waals surface area contributed by atoms with E-state index in [1.165, 1.54) is 11.6 Å². The lowest BCUT2D eigenvalue weighted by Crippen LogP contribution is -2.20. The van der Waals surface area contributed by atoms with E-state index in [1.807, 2.05) is 0 Å².